The highest BCUT2D eigenvalue weighted by Gasteiger charge is 2.22. The highest BCUT2D eigenvalue weighted by molar-refractivity contribution is 5.76. The first kappa shape index (κ1) is 19.9. The van der Waals surface area contributed by atoms with E-state index >= 15 is 0 Å². The van der Waals surface area contributed by atoms with E-state index in [0.29, 0.717) is 12.1 Å². The van der Waals surface area contributed by atoms with E-state index in [1.807, 2.05) is 24.7 Å². The summed E-state index contributed by atoms with van der Waals surface area (Å²) in [6, 6.07) is 11.4. The van der Waals surface area contributed by atoms with E-state index in [2.05, 4.69) is 69.5 Å². The molecule has 3 heterocycles. The molecule has 2 atom stereocenters. The van der Waals surface area contributed by atoms with Gasteiger partial charge in [0.2, 0.25) is 0 Å². The maximum atomic E-state index is 4.84. The lowest BCUT2D eigenvalue weighted by molar-refractivity contribution is 0.0990. The fraction of sp³-hybridized carbons (Fsp3) is 0.478. The monoisotopic (exact) mass is 392 g/mol. The van der Waals surface area contributed by atoms with Gasteiger partial charge in [-0.05, 0) is 20.3 Å². The standard InChI is InChI=1S/C23H32N6/c1-4-19(3)28-14-12-27(13-15-28)17-18(2)25-23-22(20-8-6-5-7-9-20)26-21-16-24-10-11-29(21)23/h5-11,16,18-19,25H,4,12-15,17H2,1-3H3. The lowest BCUT2D eigenvalue weighted by Crippen LogP contribution is -2.51. The van der Waals surface area contributed by atoms with Gasteiger partial charge < -0.3 is 5.32 Å². The maximum Gasteiger partial charge on any atom is 0.157 e. The Morgan fingerprint density at radius 2 is 1.83 bits per heavy atom. The number of nitrogens with zero attached hydrogens (tertiary/aromatic N) is 5. The van der Waals surface area contributed by atoms with Crippen LogP contribution in [0.1, 0.15) is 27.2 Å². The van der Waals surface area contributed by atoms with Crippen molar-refractivity contribution in [2.24, 2.45) is 0 Å². The first-order valence-corrected chi connectivity index (χ1v) is 10.8. The quantitative estimate of drug-likeness (QED) is 0.666. The lowest BCUT2D eigenvalue weighted by atomic mass is 10.1. The minimum atomic E-state index is 0.320. The number of piperazine rings is 1. The summed E-state index contributed by atoms with van der Waals surface area (Å²) in [6.45, 7) is 12.5. The number of benzene rings is 1. The molecule has 1 aromatic carbocycles. The van der Waals surface area contributed by atoms with Gasteiger partial charge in [-0.2, -0.15) is 0 Å². The van der Waals surface area contributed by atoms with Gasteiger partial charge in [-0.3, -0.25) is 19.2 Å². The average molecular weight is 393 g/mol. The number of aromatic nitrogens is 3. The molecular weight excluding hydrogens is 360 g/mol. The van der Waals surface area contributed by atoms with Gasteiger partial charge >= 0.3 is 0 Å². The molecule has 0 spiro atoms. The van der Waals surface area contributed by atoms with Crippen molar-refractivity contribution in [3.8, 4) is 11.3 Å². The summed E-state index contributed by atoms with van der Waals surface area (Å²) < 4.78 is 2.10. The molecule has 0 aliphatic carbocycles. The molecule has 2 aromatic heterocycles. The molecule has 0 amide bonds. The zero-order valence-corrected chi connectivity index (χ0v) is 17.8. The molecule has 6 nitrogen and oxygen atoms in total. The maximum absolute atomic E-state index is 4.84. The molecule has 1 aliphatic heterocycles. The van der Waals surface area contributed by atoms with Gasteiger partial charge in [0, 0.05) is 62.8 Å². The fourth-order valence-corrected chi connectivity index (χ4v) is 4.15. The van der Waals surface area contributed by atoms with E-state index in [4.69, 9.17) is 4.98 Å². The molecule has 1 fully saturated rings. The molecule has 29 heavy (non-hydrogen) atoms. The number of nitrogens with one attached hydrogen (secondary N) is 1. The zero-order valence-electron chi connectivity index (χ0n) is 17.8. The van der Waals surface area contributed by atoms with Crippen molar-refractivity contribution in [2.75, 3.05) is 38.0 Å². The van der Waals surface area contributed by atoms with Crippen molar-refractivity contribution in [1.82, 2.24) is 24.2 Å². The van der Waals surface area contributed by atoms with E-state index in [1.165, 1.54) is 6.42 Å². The number of rotatable bonds is 7. The van der Waals surface area contributed by atoms with Gasteiger partial charge in [-0.1, -0.05) is 37.3 Å². The molecule has 0 radical (unpaired) electrons. The number of hydrogen-bond donors (Lipinski definition) is 1. The second-order valence-electron chi connectivity index (χ2n) is 8.12. The molecule has 154 valence electrons. The summed E-state index contributed by atoms with van der Waals surface area (Å²) in [7, 11) is 0. The summed E-state index contributed by atoms with van der Waals surface area (Å²) in [6.07, 6.45) is 6.84. The topological polar surface area (TPSA) is 48.7 Å². The predicted octanol–water partition coefficient (Wildman–Crippen LogP) is 3.61. The normalized spacial score (nSPS) is 18.0. The van der Waals surface area contributed by atoms with E-state index in [9.17, 15) is 0 Å². The van der Waals surface area contributed by atoms with Gasteiger partial charge in [0.1, 0.15) is 11.5 Å². The molecule has 2 unspecified atom stereocenters. The lowest BCUT2D eigenvalue weighted by Gasteiger charge is -2.38. The third-order valence-electron chi connectivity index (χ3n) is 6.01. The van der Waals surface area contributed by atoms with Gasteiger partial charge in [0.05, 0.1) is 6.20 Å². The molecule has 0 saturated carbocycles. The van der Waals surface area contributed by atoms with Gasteiger partial charge in [0.25, 0.3) is 0 Å². The Balaban J connectivity index is 1.48. The SMILES string of the molecule is CCC(C)N1CCN(CC(C)Nc2c(-c3ccccc3)nc3cnccn23)CC1. The van der Waals surface area contributed by atoms with Crippen LogP contribution in [0.3, 0.4) is 0 Å². The summed E-state index contributed by atoms with van der Waals surface area (Å²) >= 11 is 0. The van der Waals surface area contributed by atoms with E-state index in [-0.39, 0.29) is 0 Å². The molecule has 1 aliphatic rings. The fourth-order valence-electron chi connectivity index (χ4n) is 4.15. The Morgan fingerprint density at radius 3 is 2.55 bits per heavy atom. The second kappa shape index (κ2) is 8.93. The highest BCUT2D eigenvalue weighted by Crippen LogP contribution is 2.28. The minimum Gasteiger partial charge on any atom is -0.366 e. The van der Waals surface area contributed by atoms with Crippen molar-refractivity contribution in [2.45, 2.75) is 39.3 Å². The third-order valence-corrected chi connectivity index (χ3v) is 6.01. The summed E-state index contributed by atoms with van der Waals surface area (Å²) in [4.78, 5) is 14.3. The Labute approximate surface area is 173 Å². The van der Waals surface area contributed by atoms with Crippen molar-refractivity contribution >= 4 is 11.5 Å². The Kier molecular flexibility index (Phi) is 6.11. The van der Waals surface area contributed by atoms with Gasteiger partial charge in [-0.25, -0.2) is 4.98 Å². The second-order valence-corrected chi connectivity index (χ2v) is 8.12. The van der Waals surface area contributed by atoms with Crippen LogP contribution in [0.15, 0.2) is 48.9 Å². The van der Waals surface area contributed by atoms with Crippen molar-refractivity contribution in [3.05, 3.63) is 48.9 Å². The Hall–Kier alpha value is -2.44. The Morgan fingerprint density at radius 1 is 1.07 bits per heavy atom. The van der Waals surface area contributed by atoms with Crippen LogP contribution in [-0.4, -0.2) is 69.0 Å². The van der Waals surface area contributed by atoms with E-state index in [1.54, 1.807) is 0 Å². The molecule has 1 saturated heterocycles. The number of hydrogen-bond acceptors (Lipinski definition) is 5. The van der Waals surface area contributed by atoms with Crippen LogP contribution in [0.25, 0.3) is 16.9 Å². The molecule has 6 heteroatoms. The minimum absolute atomic E-state index is 0.320. The number of imidazole rings is 1. The molecule has 1 N–H and O–H groups in total. The summed E-state index contributed by atoms with van der Waals surface area (Å²) in [5, 5.41) is 3.74. The van der Waals surface area contributed by atoms with Crippen molar-refractivity contribution in [3.63, 3.8) is 0 Å². The number of anilines is 1. The van der Waals surface area contributed by atoms with E-state index < -0.39 is 0 Å². The molecular formula is C23H32N6. The van der Waals surface area contributed by atoms with Crippen LogP contribution in [0.5, 0.6) is 0 Å². The van der Waals surface area contributed by atoms with Crippen LogP contribution in [0, 0.1) is 0 Å². The molecule has 3 aromatic rings. The van der Waals surface area contributed by atoms with Gasteiger partial charge in [0.15, 0.2) is 5.65 Å². The smallest absolute Gasteiger partial charge is 0.157 e. The van der Waals surface area contributed by atoms with Crippen LogP contribution >= 0.6 is 0 Å². The number of fused-ring (bicyclic) bond motifs is 1. The predicted molar refractivity (Wildman–Crippen MR) is 119 cm³/mol. The summed E-state index contributed by atoms with van der Waals surface area (Å²) in [5.74, 6) is 1.04. The molecule has 4 rings (SSSR count). The zero-order chi connectivity index (χ0) is 20.2. The van der Waals surface area contributed by atoms with E-state index in [0.717, 1.165) is 55.4 Å². The van der Waals surface area contributed by atoms with Crippen molar-refractivity contribution < 1.29 is 0 Å². The van der Waals surface area contributed by atoms with Gasteiger partial charge in [-0.15, -0.1) is 0 Å². The molecule has 0 bridgehead atoms. The summed E-state index contributed by atoms with van der Waals surface area (Å²) in [5.41, 5.74) is 2.96. The Bertz CT molecular complexity index is 914. The average Bonchev–Trinajstić information content (AvgIpc) is 3.12. The van der Waals surface area contributed by atoms with Crippen LogP contribution in [-0.2, 0) is 0 Å². The van der Waals surface area contributed by atoms with Crippen LogP contribution in [0.4, 0.5) is 5.82 Å². The van der Waals surface area contributed by atoms with Crippen LogP contribution in [0.2, 0.25) is 0 Å². The van der Waals surface area contributed by atoms with Crippen molar-refractivity contribution in [1.29, 1.82) is 0 Å². The highest BCUT2D eigenvalue weighted by atomic mass is 15.3. The third kappa shape index (κ3) is 4.43. The first-order chi connectivity index (χ1) is 14.2. The van der Waals surface area contributed by atoms with Crippen LogP contribution < -0.4 is 5.32 Å². The largest absolute Gasteiger partial charge is 0.366 e. The first-order valence-electron chi connectivity index (χ1n) is 10.8.